The zero-order valence-corrected chi connectivity index (χ0v) is 10.8. The lowest BCUT2D eigenvalue weighted by molar-refractivity contribution is 1.02. The molecule has 0 unspecified atom stereocenters. The van der Waals surface area contributed by atoms with Gasteiger partial charge in [0.25, 0.3) is 0 Å². The number of nitrogen functional groups attached to an aromatic ring is 1. The standard InChI is InChI=1S/C12H16N4S/c1-3-10-11(13)15-7-16-12(10)14-4-9-6-17-5-8(9)2/h5-7H,3-4H2,1-2H3,(H3,13,14,15,16). The van der Waals surface area contributed by atoms with Crippen LogP contribution in [0.3, 0.4) is 0 Å². The molecule has 0 radical (unpaired) electrons. The van der Waals surface area contributed by atoms with Gasteiger partial charge in [-0.2, -0.15) is 11.3 Å². The third-order valence-corrected chi connectivity index (χ3v) is 3.65. The highest BCUT2D eigenvalue weighted by Crippen LogP contribution is 2.20. The maximum atomic E-state index is 5.82. The Labute approximate surface area is 105 Å². The number of hydrogen-bond acceptors (Lipinski definition) is 5. The molecule has 5 heteroatoms. The number of nitrogens with zero attached hydrogens (tertiary/aromatic N) is 2. The van der Waals surface area contributed by atoms with Gasteiger partial charge in [0.2, 0.25) is 0 Å². The van der Waals surface area contributed by atoms with Crippen LogP contribution in [-0.4, -0.2) is 9.97 Å². The van der Waals surface area contributed by atoms with Gasteiger partial charge in [-0.15, -0.1) is 0 Å². The molecule has 2 aromatic heterocycles. The molecule has 0 bridgehead atoms. The summed E-state index contributed by atoms with van der Waals surface area (Å²) in [5.41, 5.74) is 9.42. The van der Waals surface area contributed by atoms with Crippen LogP contribution in [0.2, 0.25) is 0 Å². The maximum absolute atomic E-state index is 5.82. The fourth-order valence-corrected chi connectivity index (χ4v) is 2.53. The molecule has 0 aliphatic heterocycles. The Morgan fingerprint density at radius 2 is 2.18 bits per heavy atom. The Morgan fingerprint density at radius 1 is 1.35 bits per heavy atom. The molecule has 2 heterocycles. The summed E-state index contributed by atoms with van der Waals surface area (Å²) in [6.07, 6.45) is 2.33. The molecule has 0 saturated heterocycles. The Morgan fingerprint density at radius 3 is 2.82 bits per heavy atom. The summed E-state index contributed by atoms with van der Waals surface area (Å²) < 4.78 is 0. The van der Waals surface area contributed by atoms with Gasteiger partial charge in [-0.25, -0.2) is 9.97 Å². The molecular formula is C12H16N4S. The fourth-order valence-electron chi connectivity index (χ4n) is 1.67. The van der Waals surface area contributed by atoms with E-state index >= 15 is 0 Å². The van der Waals surface area contributed by atoms with Crippen molar-refractivity contribution in [1.29, 1.82) is 0 Å². The van der Waals surface area contributed by atoms with E-state index in [-0.39, 0.29) is 0 Å². The number of hydrogen-bond donors (Lipinski definition) is 2. The lowest BCUT2D eigenvalue weighted by Gasteiger charge is -2.10. The normalized spacial score (nSPS) is 10.5. The molecule has 17 heavy (non-hydrogen) atoms. The van der Waals surface area contributed by atoms with Crippen LogP contribution in [0.25, 0.3) is 0 Å². The SMILES string of the molecule is CCc1c(N)ncnc1NCc1cscc1C. The molecule has 0 fully saturated rings. The van der Waals surface area contributed by atoms with Crippen LogP contribution >= 0.6 is 11.3 Å². The van der Waals surface area contributed by atoms with Crippen molar-refractivity contribution in [3.63, 3.8) is 0 Å². The predicted molar refractivity (Wildman–Crippen MR) is 72.2 cm³/mol. The minimum absolute atomic E-state index is 0.562. The van der Waals surface area contributed by atoms with Gasteiger partial charge in [-0.3, -0.25) is 0 Å². The zero-order chi connectivity index (χ0) is 12.3. The van der Waals surface area contributed by atoms with E-state index in [1.807, 2.05) is 0 Å². The van der Waals surface area contributed by atoms with Gasteiger partial charge >= 0.3 is 0 Å². The highest BCUT2D eigenvalue weighted by molar-refractivity contribution is 7.08. The first-order valence-electron chi connectivity index (χ1n) is 5.57. The van der Waals surface area contributed by atoms with Crippen LogP contribution in [0, 0.1) is 6.92 Å². The van der Waals surface area contributed by atoms with E-state index in [4.69, 9.17) is 5.73 Å². The molecular weight excluding hydrogens is 232 g/mol. The largest absolute Gasteiger partial charge is 0.383 e. The van der Waals surface area contributed by atoms with E-state index in [2.05, 4.69) is 39.9 Å². The van der Waals surface area contributed by atoms with Crippen molar-refractivity contribution in [3.05, 3.63) is 33.8 Å². The second-order valence-electron chi connectivity index (χ2n) is 3.87. The van der Waals surface area contributed by atoms with Gasteiger partial charge in [-0.1, -0.05) is 6.92 Å². The first kappa shape index (κ1) is 11.9. The molecule has 0 spiro atoms. The molecule has 0 saturated carbocycles. The van der Waals surface area contributed by atoms with Crippen LogP contribution in [-0.2, 0) is 13.0 Å². The first-order valence-corrected chi connectivity index (χ1v) is 6.51. The summed E-state index contributed by atoms with van der Waals surface area (Å²) in [5.74, 6) is 1.40. The summed E-state index contributed by atoms with van der Waals surface area (Å²) >= 11 is 1.72. The molecule has 90 valence electrons. The van der Waals surface area contributed by atoms with Gasteiger partial charge < -0.3 is 11.1 Å². The summed E-state index contributed by atoms with van der Waals surface area (Å²) in [7, 11) is 0. The molecule has 0 aromatic carbocycles. The third kappa shape index (κ3) is 2.55. The minimum Gasteiger partial charge on any atom is -0.383 e. The van der Waals surface area contributed by atoms with Gasteiger partial charge in [-0.05, 0) is 35.2 Å². The van der Waals surface area contributed by atoms with E-state index in [0.29, 0.717) is 5.82 Å². The lowest BCUT2D eigenvalue weighted by atomic mass is 10.2. The van der Waals surface area contributed by atoms with Gasteiger partial charge in [0, 0.05) is 12.1 Å². The lowest BCUT2D eigenvalue weighted by Crippen LogP contribution is -2.07. The average Bonchev–Trinajstić information content (AvgIpc) is 2.72. The Hall–Kier alpha value is -1.62. The van der Waals surface area contributed by atoms with Gasteiger partial charge in [0.1, 0.15) is 18.0 Å². The second kappa shape index (κ2) is 5.14. The Bertz CT molecular complexity index is 507. The van der Waals surface area contributed by atoms with Crippen molar-refractivity contribution in [2.75, 3.05) is 11.1 Å². The molecule has 4 nitrogen and oxygen atoms in total. The van der Waals surface area contributed by atoms with E-state index in [0.717, 1.165) is 24.3 Å². The predicted octanol–water partition coefficient (Wildman–Crippen LogP) is 2.60. The van der Waals surface area contributed by atoms with Gasteiger partial charge in [0.05, 0.1) is 0 Å². The van der Waals surface area contributed by atoms with Crippen molar-refractivity contribution in [2.45, 2.75) is 26.8 Å². The minimum atomic E-state index is 0.562. The van der Waals surface area contributed by atoms with Crippen molar-refractivity contribution in [1.82, 2.24) is 9.97 Å². The summed E-state index contributed by atoms with van der Waals surface area (Å²) in [4.78, 5) is 8.24. The van der Waals surface area contributed by atoms with Crippen molar-refractivity contribution in [2.24, 2.45) is 0 Å². The van der Waals surface area contributed by atoms with Crippen LogP contribution in [0.5, 0.6) is 0 Å². The number of aromatic nitrogens is 2. The first-order chi connectivity index (χ1) is 8.22. The average molecular weight is 248 g/mol. The molecule has 0 atom stereocenters. The molecule has 0 aliphatic rings. The number of rotatable bonds is 4. The molecule has 0 amide bonds. The van der Waals surface area contributed by atoms with E-state index in [1.54, 1.807) is 11.3 Å². The summed E-state index contributed by atoms with van der Waals surface area (Å²) in [5, 5.41) is 7.62. The molecule has 0 aliphatic carbocycles. The number of anilines is 2. The van der Waals surface area contributed by atoms with E-state index < -0.39 is 0 Å². The Balaban J connectivity index is 2.14. The summed E-state index contributed by atoms with van der Waals surface area (Å²) in [6, 6.07) is 0. The smallest absolute Gasteiger partial charge is 0.134 e. The van der Waals surface area contributed by atoms with Crippen molar-refractivity contribution in [3.8, 4) is 0 Å². The molecule has 2 rings (SSSR count). The van der Waals surface area contributed by atoms with E-state index in [1.165, 1.54) is 17.5 Å². The number of nitrogens with two attached hydrogens (primary N) is 1. The van der Waals surface area contributed by atoms with Crippen LogP contribution in [0.4, 0.5) is 11.6 Å². The second-order valence-corrected chi connectivity index (χ2v) is 4.62. The van der Waals surface area contributed by atoms with Crippen molar-refractivity contribution < 1.29 is 0 Å². The van der Waals surface area contributed by atoms with Crippen molar-refractivity contribution >= 4 is 23.0 Å². The number of nitrogens with one attached hydrogen (secondary N) is 1. The highest BCUT2D eigenvalue weighted by atomic mass is 32.1. The highest BCUT2D eigenvalue weighted by Gasteiger charge is 2.07. The Kier molecular flexibility index (Phi) is 3.58. The monoisotopic (exact) mass is 248 g/mol. The quantitative estimate of drug-likeness (QED) is 0.873. The van der Waals surface area contributed by atoms with Crippen LogP contribution in [0.1, 0.15) is 23.6 Å². The maximum Gasteiger partial charge on any atom is 0.134 e. The van der Waals surface area contributed by atoms with Crippen LogP contribution in [0.15, 0.2) is 17.1 Å². The number of thiophene rings is 1. The number of aryl methyl sites for hydroxylation is 1. The summed E-state index contributed by atoms with van der Waals surface area (Å²) in [6.45, 7) is 4.94. The third-order valence-electron chi connectivity index (χ3n) is 2.74. The zero-order valence-electron chi connectivity index (χ0n) is 10.0. The molecule has 2 aromatic rings. The molecule has 3 N–H and O–H groups in total. The van der Waals surface area contributed by atoms with E-state index in [9.17, 15) is 0 Å². The van der Waals surface area contributed by atoms with Gasteiger partial charge in [0.15, 0.2) is 0 Å². The van der Waals surface area contributed by atoms with Crippen LogP contribution < -0.4 is 11.1 Å². The topological polar surface area (TPSA) is 63.8 Å². The fraction of sp³-hybridized carbons (Fsp3) is 0.333.